The van der Waals surface area contributed by atoms with E-state index in [0.717, 1.165) is 35.7 Å². The monoisotopic (exact) mass is 516 g/mol. The maximum Gasteiger partial charge on any atom is 0.312 e. The number of cyclic esters (lactones) is 1. The highest BCUT2D eigenvalue weighted by atomic mass is 16.6. The van der Waals surface area contributed by atoms with Gasteiger partial charge >= 0.3 is 5.97 Å². The summed E-state index contributed by atoms with van der Waals surface area (Å²) < 4.78 is 12.2. The molecule has 5 atom stereocenters. The van der Waals surface area contributed by atoms with E-state index < -0.39 is 35.6 Å². The van der Waals surface area contributed by atoms with Crippen LogP contribution in [0.25, 0.3) is 10.8 Å². The molecule has 0 aromatic heterocycles. The summed E-state index contributed by atoms with van der Waals surface area (Å²) in [5.41, 5.74) is -0.577. The minimum atomic E-state index is -1.30. The van der Waals surface area contributed by atoms with Gasteiger partial charge in [0.2, 0.25) is 5.91 Å². The van der Waals surface area contributed by atoms with E-state index in [-0.39, 0.29) is 25.0 Å². The number of hydrogen-bond acceptors (Lipinski definition) is 6. The van der Waals surface area contributed by atoms with E-state index in [1.54, 1.807) is 4.90 Å². The number of carbonyl (C=O) groups excluding carboxylic acids is 3. The summed E-state index contributed by atoms with van der Waals surface area (Å²) in [5, 5.41) is 11.6. The summed E-state index contributed by atoms with van der Waals surface area (Å²) in [7, 11) is 0. The summed E-state index contributed by atoms with van der Waals surface area (Å²) in [6.45, 7) is 0.675. The molecule has 0 bridgehead atoms. The van der Waals surface area contributed by atoms with Crippen molar-refractivity contribution in [3.8, 4) is 0 Å². The van der Waals surface area contributed by atoms with E-state index in [1.807, 2.05) is 66.8 Å². The Morgan fingerprint density at radius 2 is 1.84 bits per heavy atom. The van der Waals surface area contributed by atoms with Crippen LogP contribution in [0.1, 0.15) is 25.7 Å². The number of likely N-dealkylation sites (tertiary alicyclic amines) is 1. The van der Waals surface area contributed by atoms with Gasteiger partial charge in [0, 0.05) is 25.4 Å². The van der Waals surface area contributed by atoms with E-state index in [9.17, 15) is 19.5 Å². The molecule has 2 amide bonds. The second-order valence-corrected chi connectivity index (χ2v) is 10.4. The zero-order chi connectivity index (χ0) is 26.3. The first-order chi connectivity index (χ1) is 18.5. The third kappa shape index (κ3) is 3.94. The van der Waals surface area contributed by atoms with E-state index in [0.29, 0.717) is 19.6 Å². The molecule has 8 heteroatoms. The lowest BCUT2D eigenvalue weighted by Crippen LogP contribution is -2.55. The van der Waals surface area contributed by atoms with Gasteiger partial charge in [0.25, 0.3) is 5.91 Å². The Balaban J connectivity index is 1.43. The third-order valence-electron chi connectivity index (χ3n) is 8.20. The number of amides is 2. The van der Waals surface area contributed by atoms with E-state index in [2.05, 4.69) is 0 Å². The van der Waals surface area contributed by atoms with E-state index >= 15 is 0 Å². The molecule has 1 spiro atoms. The van der Waals surface area contributed by atoms with Gasteiger partial charge in [0.05, 0.1) is 18.6 Å². The molecule has 0 radical (unpaired) electrons. The SMILES string of the molecule is O=C1OCCCC/C=C\[C@H]2O[C@]34C=CCN(c5ccc6ccccc6c5)C(=O)C3N(CCCO)C(=O)[C@@H]4[C@@H]12. The second kappa shape index (κ2) is 10.0. The van der Waals surface area contributed by atoms with Crippen LogP contribution in [0.5, 0.6) is 0 Å². The third-order valence-corrected chi connectivity index (χ3v) is 8.20. The highest BCUT2D eigenvalue weighted by Gasteiger charge is 2.71. The Morgan fingerprint density at radius 1 is 1.00 bits per heavy atom. The first-order valence-electron chi connectivity index (χ1n) is 13.5. The van der Waals surface area contributed by atoms with Crippen LogP contribution in [0.3, 0.4) is 0 Å². The molecule has 2 aromatic carbocycles. The minimum absolute atomic E-state index is 0.121. The summed E-state index contributed by atoms with van der Waals surface area (Å²) in [4.78, 5) is 44.9. The lowest BCUT2D eigenvalue weighted by molar-refractivity contribution is -0.154. The number of anilines is 1. The molecule has 2 fully saturated rings. The van der Waals surface area contributed by atoms with Crippen LogP contribution in [0.4, 0.5) is 5.69 Å². The summed E-state index contributed by atoms with van der Waals surface area (Å²) in [5.74, 6) is -2.76. The smallest absolute Gasteiger partial charge is 0.312 e. The average Bonchev–Trinajstić information content (AvgIpc) is 3.31. The molecule has 198 valence electrons. The minimum Gasteiger partial charge on any atom is -0.465 e. The van der Waals surface area contributed by atoms with Gasteiger partial charge < -0.3 is 24.4 Å². The predicted octanol–water partition coefficient (Wildman–Crippen LogP) is 2.99. The van der Waals surface area contributed by atoms with E-state index in [1.165, 1.54) is 4.90 Å². The predicted molar refractivity (Wildman–Crippen MR) is 141 cm³/mol. The molecule has 6 rings (SSSR count). The Morgan fingerprint density at radius 3 is 2.68 bits per heavy atom. The molecule has 38 heavy (non-hydrogen) atoms. The summed E-state index contributed by atoms with van der Waals surface area (Å²) >= 11 is 0. The second-order valence-electron chi connectivity index (χ2n) is 10.4. The fourth-order valence-corrected chi connectivity index (χ4v) is 6.47. The van der Waals surface area contributed by atoms with Crippen molar-refractivity contribution in [2.45, 2.75) is 43.4 Å². The topological polar surface area (TPSA) is 96.4 Å². The first kappa shape index (κ1) is 24.8. The number of aliphatic hydroxyl groups excluding tert-OH is 1. The fraction of sp³-hybridized carbons (Fsp3) is 0.433. The van der Waals surface area contributed by atoms with Crippen LogP contribution < -0.4 is 4.90 Å². The number of esters is 1. The van der Waals surface area contributed by atoms with Crippen LogP contribution in [0.2, 0.25) is 0 Å². The number of fused-ring (bicyclic) bond motifs is 3. The van der Waals surface area contributed by atoms with Gasteiger partial charge in [-0.2, -0.15) is 0 Å². The van der Waals surface area contributed by atoms with Crippen LogP contribution in [0.15, 0.2) is 66.8 Å². The van der Waals surface area contributed by atoms with Crippen molar-refractivity contribution in [1.29, 1.82) is 0 Å². The van der Waals surface area contributed by atoms with Gasteiger partial charge in [0.15, 0.2) is 0 Å². The van der Waals surface area contributed by atoms with Crippen molar-refractivity contribution in [3.05, 3.63) is 66.8 Å². The van der Waals surface area contributed by atoms with Crippen LogP contribution in [-0.4, -0.2) is 71.8 Å². The molecule has 4 aliphatic rings. The number of aliphatic hydroxyl groups is 1. The molecule has 2 saturated heterocycles. The molecule has 0 saturated carbocycles. The lowest BCUT2D eigenvalue weighted by Gasteiger charge is -2.35. The number of carbonyl (C=O) groups is 3. The van der Waals surface area contributed by atoms with Crippen molar-refractivity contribution in [2.75, 3.05) is 31.2 Å². The maximum absolute atomic E-state index is 14.4. The Bertz CT molecular complexity index is 1320. The van der Waals surface area contributed by atoms with Gasteiger partial charge in [-0.3, -0.25) is 14.4 Å². The molecule has 1 N–H and O–H groups in total. The Kier molecular flexibility index (Phi) is 6.53. The van der Waals surface area contributed by atoms with Crippen LogP contribution in [-0.2, 0) is 23.9 Å². The van der Waals surface area contributed by atoms with Crippen LogP contribution in [0, 0.1) is 11.8 Å². The number of hydrogen-bond donors (Lipinski definition) is 1. The standard InChI is InChI=1S/C30H32N2O6/c33-17-8-16-32-26-28(35)31(22-13-12-20-9-4-5-10-21(20)19-22)15-7-14-30(26)25(27(32)34)24-23(38-30)11-3-1-2-6-18-37-29(24)36/h3-5,7,9-14,19,23-26,33H,1-2,6,8,15-18H2/b11-3-/t23-,24+,25+,26?,30+/m1/s1. The largest absolute Gasteiger partial charge is 0.465 e. The normalized spacial score (nSPS) is 32.0. The van der Waals surface area contributed by atoms with Crippen molar-refractivity contribution in [3.63, 3.8) is 0 Å². The number of allylic oxidation sites excluding steroid dienone is 1. The zero-order valence-corrected chi connectivity index (χ0v) is 21.2. The average molecular weight is 517 g/mol. The van der Waals surface area contributed by atoms with Gasteiger partial charge in [-0.05, 0) is 48.6 Å². The molecule has 0 aliphatic carbocycles. The van der Waals surface area contributed by atoms with Crippen molar-refractivity contribution in [2.24, 2.45) is 11.8 Å². The van der Waals surface area contributed by atoms with Gasteiger partial charge in [-0.15, -0.1) is 0 Å². The quantitative estimate of drug-likeness (QED) is 0.496. The molecule has 1 unspecified atom stereocenters. The summed E-state index contributed by atoms with van der Waals surface area (Å²) in [6.07, 6.45) is 9.68. The zero-order valence-electron chi connectivity index (χ0n) is 21.2. The molecule has 8 nitrogen and oxygen atoms in total. The number of benzene rings is 2. The van der Waals surface area contributed by atoms with E-state index in [4.69, 9.17) is 9.47 Å². The Labute approximate surface area is 221 Å². The number of nitrogens with zero attached hydrogens (tertiary/aromatic N) is 2. The maximum atomic E-state index is 14.4. The van der Waals surface area contributed by atoms with Crippen molar-refractivity contribution < 1.29 is 29.0 Å². The van der Waals surface area contributed by atoms with Gasteiger partial charge in [-0.25, -0.2) is 0 Å². The molecule has 2 aromatic rings. The molecule has 4 aliphatic heterocycles. The summed E-state index contributed by atoms with van der Waals surface area (Å²) in [6, 6.07) is 12.9. The Hall–Kier alpha value is -3.49. The fourth-order valence-electron chi connectivity index (χ4n) is 6.47. The van der Waals surface area contributed by atoms with Gasteiger partial charge in [0.1, 0.15) is 17.6 Å². The van der Waals surface area contributed by atoms with Crippen LogP contribution >= 0.6 is 0 Å². The highest BCUT2D eigenvalue weighted by Crippen LogP contribution is 2.53. The van der Waals surface area contributed by atoms with Crippen molar-refractivity contribution in [1.82, 2.24) is 4.90 Å². The number of ether oxygens (including phenoxy) is 2. The molecular weight excluding hydrogens is 484 g/mol. The molecular formula is C30H32N2O6. The molecule has 4 heterocycles. The first-order valence-corrected chi connectivity index (χ1v) is 13.5. The number of rotatable bonds is 4. The lowest BCUT2D eigenvalue weighted by atomic mass is 9.78. The highest BCUT2D eigenvalue weighted by molar-refractivity contribution is 6.06. The van der Waals surface area contributed by atoms with Gasteiger partial charge in [-0.1, -0.05) is 54.6 Å². The van der Waals surface area contributed by atoms with Crippen molar-refractivity contribution >= 4 is 34.2 Å².